The van der Waals surface area contributed by atoms with Crippen molar-refractivity contribution in [3.8, 4) is 0 Å². The minimum atomic E-state index is -0.243. The molecule has 27 heavy (non-hydrogen) atoms. The molecular weight excluding hydrogens is 346 g/mol. The summed E-state index contributed by atoms with van der Waals surface area (Å²) in [6.07, 6.45) is 3.59. The number of fused-ring (bicyclic) bond motifs is 1. The van der Waals surface area contributed by atoms with Gasteiger partial charge in [-0.15, -0.1) is 0 Å². The van der Waals surface area contributed by atoms with Crippen LogP contribution in [0.4, 0.5) is 5.82 Å². The summed E-state index contributed by atoms with van der Waals surface area (Å²) in [6, 6.07) is 3.49. The molecule has 1 aliphatic heterocycles. The Morgan fingerprint density at radius 3 is 2.41 bits per heavy atom. The van der Waals surface area contributed by atoms with Crippen LogP contribution in [0.15, 0.2) is 16.9 Å². The molecule has 0 aliphatic carbocycles. The minimum absolute atomic E-state index is 0.0353. The van der Waals surface area contributed by atoms with Gasteiger partial charge < -0.3 is 10.2 Å². The van der Waals surface area contributed by atoms with Crippen LogP contribution in [0.3, 0.4) is 0 Å². The first-order valence-corrected chi connectivity index (χ1v) is 9.72. The van der Waals surface area contributed by atoms with Gasteiger partial charge in [-0.25, -0.2) is 9.78 Å². The van der Waals surface area contributed by atoms with Crippen molar-refractivity contribution in [1.29, 1.82) is 0 Å². The molecule has 1 aliphatic rings. The van der Waals surface area contributed by atoms with Crippen molar-refractivity contribution in [1.82, 2.24) is 19.0 Å². The molecule has 8 nitrogen and oxygen atoms in total. The topological polar surface area (TPSA) is 89.2 Å². The van der Waals surface area contributed by atoms with E-state index in [0.717, 1.165) is 31.4 Å². The van der Waals surface area contributed by atoms with Crippen molar-refractivity contribution in [3.63, 3.8) is 0 Å². The number of imidazole rings is 1. The maximum absolute atomic E-state index is 12.4. The van der Waals surface area contributed by atoms with E-state index in [0.29, 0.717) is 24.6 Å². The number of amides is 2. The predicted molar refractivity (Wildman–Crippen MR) is 104 cm³/mol. The number of nitrogens with zero attached hydrogens (tertiary/aromatic N) is 4. The largest absolute Gasteiger partial charge is 0.343 e. The van der Waals surface area contributed by atoms with Gasteiger partial charge in [0.05, 0.1) is 5.52 Å². The van der Waals surface area contributed by atoms with Crippen LogP contribution in [0.2, 0.25) is 0 Å². The Bertz CT molecular complexity index is 893. The molecule has 0 aromatic carbocycles. The third kappa shape index (κ3) is 4.04. The van der Waals surface area contributed by atoms with Crippen molar-refractivity contribution in [2.75, 3.05) is 18.4 Å². The predicted octanol–water partition coefficient (Wildman–Crippen LogP) is 1.97. The monoisotopic (exact) mass is 373 g/mol. The summed E-state index contributed by atoms with van der Waals surface area (Å²) < 4.78 is 3.25. The van der Waals surface area contributed by atoms with Crippen molar-refractivity contribution in [3.05, 3.63) is 22.6 Å². The van der Waals surface area contributed by atoms with Crippen LogP contribution in [0.5, 0.6) is 0 Å². The highest BCUT2D eigenvalue weighted by atomic mass is 16.2. The van der Waals surface area contributed by atoms with E-state index >= 15 is 0 Å². The molecule has 0 spiro atoms. The van der Waals surface area contributed by atoms with Gasteiger partial charge in [-0.1, -0.05) is 0 Å². The van der Waals surface area contributed by atoms with Crippen LogP contribution in [-0.2, 0) is 22.7 Å². The van der Waals surface area contributed by atoms with E-state index in [2.05, 4.69) is 10.3 Å². The Hall–Kier alpha value is -2.64. The van der Waals surface area contributed by atoms with Gasteiger partial charge in [-0.3, -0.25) is 18.7 Å². The fraction of sp³-hybridized carbons (Fsp3) is 0.579. The summed E-state index contributed by atoms with van der Waals surface area (Å²) in [7, 11) is 0. The first kappa shape index (κ1) is 19.1. The van der Waals surface area contributed by atoms with Crippen LogP contribution >= 0.6 is 0 Å². The number of piperidine rings is 1. The minimum Gasteiger partial charge on any atom is -0.343 e. The molecule has 3 rings (SSSR count). The highest BCUT2D eigenvalue weighted by Gasteiger charge is 2.18. The third-order valence-electron chi connectivity index (χ3n) is 5.04. The van der Waals surface area contributed by atoms with Crippen molar-refractivity contribution >= 4 is 28.8 Å². The van der Waals surface area contributed by atoms with Gasteiger partial charge in [0, 0.05) is 39.0 Å². The van der Waals surface area contributed by atoms with E-state index in [1.807, 2.05) is 18.7 Å². The normalized spacial score (nSPS) is 14.5. The Balaban J connectivity index is 1.66. The fourth-order valence-electron chi connectivity index (χ4n) is 3.58. The molecule has 1 fully saturated rings. The average Bonchev–Trinajstić information content (AvgIpc) is 2.96. The van der Waals surface area contributed by atoms with Crippen molar-refractivity contribution in [2.45, 2.75) is 59.0 Å². The van der Waals surface area contributed by atoms with E-state index < -0.39 is 0 Å². The lowest BCUT2D eigenvalue weighted by atomic mass is 10.1. The molecule has 0 atom stereocenters. The van der Waals surface area contributed by atoms with Crippen molar-refractivity contribution < 1.29 is 9.59 Å². The number of nitrogens with one attached hydrogen (secondary N) is 1. The quantitative estimate of drug-likeness (QED) is 0.838. The number of rotatable bonds is 6. The van der Waals surface area contributed by atoms with E-state index in [9.17, 15) is 14.4 Å². The van der Waals surface area contributed by atoms with Gasteiger partial charge in [0.25, 0.3) is 0 Å². The maximum Gasteiger partial charge on any atom is 0.330 e. The lowest BCUT2D eigenvalue weighted by Gasteiger charge is -2.26. The number of aromatic nitrogens is 3. The molecule has 0 unspecified atom stereocenters. The van der Waals surface area contributed by atoms with Gasteiger partial charge in [0.1, 0.15) is 5.82 Å². The number of hydrogen-bond acceptors (Lipinski definition) is 4. The molecule has 2 aromatic heterocycles. The number of aryl methyl sites for hydroxylation is 2. The summed E-state index contributed by atoms with van der Waals surface area (Å²) in [6.45, 7) is 6.46. The standard InChI is InChI=1S/C19H27N5O3/c1-3-23-14-8-9-15(21-18(14)24(4-2)19(23)27)20-16(25)10-11-17(26)22-12-6-5-7-13-22/h8-9H,3-7,10-13H2,1-2H3,(H,20,21,25). The SMILES string of the molecule is CCn1c(=O)n(CC)c2nc(NC(=O)CCC(=O)N3CCCCC3)ccc21. The molecule has 2 aromatic rings. The van der Waals surface area contributed by atoms with Gasteiger partial charge in [0.15, 0.2) is 5.65 Å². The zero-order chi connectivity index (χ0) is 19.4. The Morgan fingerprint density at radius 2 is 1.74 bits per heavy atom. The summed E-state index contributed by atoms with van der Waals surface area (Å²) in [4.78, 5) is 43.1. The second-order valence-corrected chi connectivity index (χ2v) is 6.80. The van der Waals surface area contributed by atoms with Gasteiger partial charge in [0.2, 0.25) is 11.8 Å². The zero-order valence-electron chi connectivity index (χ0n) is 16.0. The molecule has 1 saturated heterocycles. The van der Waals surface area contributed by atoms with Gasteiger partial charge in [-0.2, -0.15) is 0 Å². The average molecular weight is 373 g/mol. The van der Waals surface area contributed by atoms with E-state index in [1.54, 1.807) is 21.3 Å². The second kappa shape index (κ2) is 8.37. The lowest BCUT2D eigenvalue weighted by Crippen LogP contribution is -2.35. The highest BCUT2D eigenvalue weighted by Crippen LogP contribution is 2.16. The summed E-state index contributed by atoms with van der Waals surface area (Å²) in [5, 5.41) is 2.74. The van der Waals surface area contributed by atoms with Crippen LogP contribution in [-0.4, -0.2) is 43.9 Å². The summed E-state index contributed by atoms with van der Waals surface area (Å²) in [5.41, 5.74) is 1.22. The smallest absolute Gasteiger partial charge is 0.330 e. The number of hydrogen-bond donors (Lipinski definition) is 1. The van der Waals surface area contributed by atoms with Crippen molar-refractivity contribution in [2.24, 2.45) is 0 Å². The number of anilines is 1. The number of carbonyl (C=O) groups excluding carboxylic acids is 2. The molecule has 0 saturated carbocycles. The summed E-state index contributed by atoms with van der Waals surface area (Å²) in [5.74, 6) is 0.189. The molecule has 3 heterocycles. The van der Waals surface area contributed by atoms with Gasteiger partial charge in [-0.05, 0) is 45.2 Å². The summed E-state index contributed by atoms with van der Waals surface area (Å²) >= 11 is 0. The van der Waals surface area contributed by atoms with Crippen LogP contribution in [0.25, 0.3) is 11.2 Å². The molecular formula is C19H27N5O3. The first-order valence-electron chi connectivity index (χ1n) is 9.72. The maximum atomic E-state index is 12.4. The Morgan fingerprint density at radius 1 is 1.04 bits per heavy atom. The Labute approximate surface area is 158 Å². The number of likely N-dealkylation sites (tertiary alicyclic amines) is 1. The lowest BCUT2D eigenvalue weighted by molar-refractivity contribution is -0.133. The zero-order valence-corrected chi connectivity index (χ0v) is 16.0. The molecule has 1 N–H and O–H groups in total. The molecule has 0 bridgehead atoms. The number of carbonyl (C=O) groups is 2. The van der Waals surface area contributed by atoms with Crippen LogP contribution in [0.1, 0.15) is 46.0 Å². The van der Waals surface area contributed by atoms with E-state index in [4.69, 9.17) is 0 Å². The van der Waals surface area contributed by atoms with Crippen LogP contribution < -0.4 is 11.0 Å². The van der Waals surface area contributed by atoms with E-state index in [-0.39, 0.29) is 30.3 Å². The first-order chi connectivity index (χ1) is 13.0. The van der Waals surface area contributed by atoms with Crippen LogP contribution in [0, 0.1) is 0 Å². The second-order valence-electron chi connectivity index (χ2n) is 6.80. The molecule has 2 amide bonds. The molecule has 146 valence electrons. The highest BCUT2D eigenvalue weighted by molar-refractivity contribution is 5.93. The Kier molecular flexibility index (Phi) is 5.93. The fourth-order valence-corrected chi connectivity index (χ4v) is 3.58. The van der Waals surface area contributed by atoms with Gasteiger partial charge >= 0.3 is 5.69 Å². The van der Waals surface area contributed by atoms with E-state index in [1.165, 1.54) is 6.42 Å². The number of pyridine rings is 1. The molecule has 0 radical (unpaired) electrons. The third-order valence-corrected chi connectivity index (χ3v) is 5.04. The molecule has 8 heteroatoms.